The summed E-state index contributed by atoms with van der Waals surface area (Å²) in [7, 11) is 0. The molecule has 1 fully saturated rings. The number of aryl methyl sites for hydroxylation is 2. The van der Waals surface area contributed by atoms with Gasteiger partial charge in [-0.2, -0.15) is 0 Å². The van der Waals surface area contributed by atoms with E-state index in [0.29, 0.717) is 6.54 Å². The van der Waals surface area contributed by atoms with Crippen molar-refractivity contribution in [1.82, 2.24) is 20.2 Å². The van der Waals surface area contributed by atoms with Gasteiger partial charge in [0.1, 0.15) is 4.88 Å². The third-order valence-electron chi connectivity index (χ3n) is 4.71. The summed E-state index contributed by atoms with van der Waals surface area (Å²) in [5.41, 5.74) is 2.00. The topological polar surface area (TPSA) is 58.1 Å². The Morgan fingerprint density at radius 2 is 2.16 bits per heavy atom. The van der Waals surface area contributed by atoms with Gasteiger partial charge in [0.25, 0.3) is 5.91 Å². The highest BCUT2D eigenvalue weighted by Crippen LogP contribution is 2.24. The lowest BCUT2D eigenvalue weighted by atomic mass is 10.0. The molecule has 0 radical (unpaired) electrons. The first-order valence-electron chi connectivity index (χ1n) is 9.07. The van der Waals surface area contributed by atoms with E-state index < -0.39 is 0 Å². The molecule has 3 rings (SSSR count). The number of pyridine rings is 1. The molecule has 1 aliphatic rings. The van der Waals surface area contributed by atoms with E-state index in [2.05, 4.69) is 33.2 Å². The molecule has 5 nitrogen and oxygen atoms in total. The minimum absolute atomic E-state index is 0.0133. The predicted molar refractivity (Wildman–Crippen MR) is 101 cm³/mol. The predicted octanol–water partition coefficient (Wildman–Crippen LogP) is 3.37. The molecule has 134 valence electrons. The van der Waals surface area contributed by atoms with E-state index in [1.807, 2.05) is 19.2 Å². The van der Waals surface area contributed by atoms with Crippen LogP contribution in [-0.4, -0.2) is 40.4 Å². The SMILES string of the molecule is CCc1nc(C)c(C(=O)NCC(c2cccnc2)N2CCCCC2)s1. The fraction of sp³-hybridized carbons (Fsp3) is 0.526. The Morgan fingerprint density at radius 1 is 1.36 bits per heavy atom. The number of carbonyl (C=O) groups excluding carboxylic acids is 1. The molecule has 1 N–H and O–H groups in total. The van der Waals surface area contributed by atoms with Crippen molar-refractivity contribution in [2.24, 2.45) is 0 Å². The van der Waals surface area contributed by atoms with Crippen LogP contribution in [0, 0.1) is 6.92 Å². The molecule has 1 saturated heterocycles. The standard InChI is InChI=1S/C19H26N4OS/c1-3-17-22-14(2)18(25-17)19(24)21-13-16(15-8-7-9-20-12-15)23-10-5-4-6-11-23/h7-9,12,16H,3-6,10-11,13H2,1-2H3,(H,21,24). The van der Waals surface area contributed by atoms with Crippen molar-refractivity contribution in [1.29, 1.82) is 0 Å². The number of hydrogen-bond acceptors (Lipinski definition) is 5. The number of hydrogen-bond donors (Lipinski definition) is 1. The number of piperidine rings is 1. The van der Waals surface area contributed by atoms with Gasteiger partial charge >= 0.3 is 0 Å². The minimum atomic E-state index is -0.0133. The molecule has 2 aromatic heterocycles. The van der Waals surface area contributed by atoms with Gasteiger partial charge in [0.2, 0.25) is 0 Å². The van der Waals surface area contributed by atoms with E-state index in [1.165, 1.54) is 36.2 Å². The zero-order chi connectivity index (χ0) is 17.6. The summed E-state index contributed by atoms with van der Waals surface area (Å²) in [5, 5.41) is 4.15. The second-order valence-corrected chi connectivity index (χ2v) is 7.57. The van der Waals surface area contributed by atoms with Crippen LogP contribution in [0.25, 0.3) is 0 Å². The first-order valence-corrected chi connectivity index (χ1v) is 9.89. The van der Waals surface area contributed by atoms with Crippen molar-refractivity contribution < 1.29 is 4.79 Å². The molecule has 0 aliphatic carbocycles. The molecule has 2 aromatic rings. The maximum absolute atomic E-state index is 12.6. The second-order valence-electron chi connectivity index (χ2n) is 6.48. The average molecular weight is 359 g/mol. The lowest BCUT2D eigenvalue weighted by molar-refractivity contribution is 0.0927. The molecule has 3 heterocycles. The van der Waals surface area contributed by atoms with Crippen LogP contribution in [-0.2, 0) is 6.42 Å². The molecule has 6 heteroatoms. The Bertz CT molecular complexity index is 695. The number of thiazole rings is 1. The fourth-order valence-electron chi connectivity index (χ4n) is 3.34. The minimum Gasteiger partial charge on any atom is -0.349 e. The van der Waals surface area contributed by atoms with Gasteiger partial charge in [0.05, 0.1) is 16.7 Å². The van der Waals surface area contributed by atoms with E-state index in [0.717, 1.165) is 35.1 Å². The maximum atomic E-state index is 12.6. The molecule has 1 unspecified atom stereocenters. The van der Waals surface area contributed by atoms with Crippen LogP contribution in [0.3, 0.4) is 0 Å². The summed E-state index contributed by atoms with van der Waals surface area (Å²) in [6.45, 7) is 6.73. The number of nitrogens with one attached hydrogen (secondary N) is 1. The Hall–Kier alpha value is -1.79. The molecule has 1 atom stereocenters. The quantitative estimate of drug-likeness (QED) is 0.860. The Kier molecular flexibility index (Phi) is 6.15. The van der Waals surface area contributed by atoms with Gasteiger partial charge in [-0.1, -0.05) is 19.4 Å². The van der Waals surface area contributed by atoms with Crippen LogP contribution in [0.4, 0.5) is 0 Å². The Balaban J connectivity index is 1.71. The number of carbonyl (C=O) groups is 1. The van der Waals surface area contributed by atoms with Crippen molar-refractivity contribution >= 4 is 17.2 Å². The number of likely N-dealkylation sites (tertiary alicyclic amines) is 1. The zero-order valence-corrected chi connectivity index (χ0v) is 15.8. The molecule has 1 amide bonds. The van der Waals surface area contributed by atoms with E-state index in [1.54, 1.807) is 6.20 Å². The van der Waals surface area contributed by atoms with E-state index in [-0.39, 0.29) is 11.9 Å². The molecular weight excluding hydrogens is 332 g/mol. The molecule has 0 aromatic carbocycles. The lowest BCUT2D eigenvalue weighted by Gasteiger charge is -2.34. The van der Waals surface area contributed by atoms with E-state index >= 15 is 0 Å². The lowest BCUT2D eigenvalue weighted by Crippen LogP contribution is -2.40. The van der Waals surface area contributed by atoms with Crippen LogP contribution in [0.15, 0.2) is 24.5 Å². The number of nitrogens with zero attached hydrogens (tertiary/aromatic N) is 3. The van der Waals surface area contributed by atoms with Crippen molar-refractivity contribution in [2.45, 2.75) is 45.6 Å². The zero-order valence-electron chi connectivity index (χ0n) is 15.0. The smallest absolute Gasteiger partial charge is 0.263 e. The Labute approximate surface area is 153 Å². The van der Waals surface area contributed by atoms with Crippen LogP contribution < -0.4 is 5.32 Å². The van der Waals surface area contributed by atoms with Crippen LogP contribution >= 0.6 is 11.3 Å². The van der Waals surface area contributed by atoms with E-state index in [9.17, 15) is 4.79 Å². The highest BCUT2D eigenvalue weighted by atomic mass is 32.1. The molecule has 0 spiro atoms. The summed E-state index contributed by atoms with van der Waals surface area (Å²) in [6.07, 6.45) is 8.31. The van der Waals surface area contributed by atoms with Gasteiger partial charge in [-0.3, -0.25) is 14.7 Å². The first-order chi connectivity index (χ1) is 12.2. The normalized spacial score (nSPS) is 16.6. The van der Waals surface area contributed by atoms with E-state index in [4.69, 9.17) is 0 Å². The monoisotopic (exact) mass is 358 g/mol. The Morgan fingerprint density at radius 3 is 2.80 bits per heavy atom. The van der Waals surface area contributed by atoms with Crippen LogP contribution in [0.1, 0.15) is 58.2 Å². The van der Waals surface area contributed by atoms with Crippen molar-refractivity contribution in [3.63, 3.8) is 0 Å². The molecule has 0 saturated carbocycles. The van der Waals surface area contributed by atoms with Crippen molar-refractivity contribution in [3.05, 3.63) is 45.7 Å². The summed E-state index contributed by atoms with van der Waals surface area (Å²) < 4.78 is 0. The van der Waals surface area contributed by atoms with Gasteiger partial charge in [0.15, 0.2) is 0 Å². The largest absolute Gasteiger partial charge is 0.349 e. The third kappa shape index (κ3) is 4.44. The van der Waals surface area contributed by atoms with Crippen molar-refractivity contribution in [2.75, 3.05) is 19.6 Å². The molecule has 0 bridgehead atoms. The van der Waals surface area contributed by atoms with Gasteiger partial charge in [-0.15, -0.1) is 11.3 Å². The molecule has 1 aliphatic heterocycles. The van der Waals surface area contributed by atoms with Crippen LogP contribution in [0.5, 0.6) is 0 Å². The number of aromatic nitrogens is 2. The average Bonchev–Trinajstić information content (AvgIpc) is 3.04. The first kappa shape index (κ1) is 18.0. The summed E-state index contributed by atoms with van der Waals surface area (Å²) in [4.78, 5) is 24.6. The van der Waals surface area contributed by atoms with Crippen LogP contribution in [0.2, 0.25) is 0 Å². The summed E-state index contributed by atoms with van der Waals surface area (Å²) in [5.74, 6) is -0.0133. The second kappa shape index (κ2) is 8.54. The molecule has 25 heavy (non-hydrogen) atoms. The maximum Gasteiger partial charge on any atom is 0.263 e. The number of rotatable bonds is 6. The van der Waals surface area contributed by atoms with Crippen molar-refractivity contribution in [3.8, 4) is 0 Å². The highest BCUT2D eigenvalue weighted by molar-refractivity contribution is 7.13. The number of amides is 1. The van der Waals surface area contributed by atoms with Gasteiger partial charge in [-0.25, -0.2) is 4.98 Å². The third-order valence-corrected chi connectivity index (χ3v) is 6.01. The summed E-state index contributed by atoms with van der Waals surface area (Å²) >= 11 is 1.50. The molecular formula is C19H26N4OS. The van der Waals surface area contributed by atoms with Gasteiger partial charge in [0, 0.05) is 18.9 Å². The highest BCUT2D eigenvalue weighted by Gasteiger charge is 2.24. The van der Waals surface area contributed by atoms with Gasteiger partial charge in [-0.05, 0) is 50.9 Å². The summed E-state index contributed by atoms with van der Waals surface area (Å²) in [6, 6.07) is 4.25. The van der Waals surface area contributed by atoms with Gasteiger partial charge < -0.3 is 5.32 Å². The fourth-order valence-corrected chi connectivity index (χ4v) is 4.27.